The summed E-state index contributed by atoms with van der Waals surface area (Å²) in [4.78, 5) is 0. The van der Waals surface area contributed by atoms with Crippen LogP contribution in [0.15, 0.2) is 42.5 Å². The zero-order chi connectivity index (χ0) is 13.8. The van der Waals surface area contributed by atoms with E-state index in [1.807, 2.05) is 31.2 Å². The number of rotatable bonds is 4. The van der Waals surface area contributed by atoms with Crippen LogP contribution in [0.5, 0.6) is 0 Å². The number of hydrogen-bond donors (Lipinski definition) is 1. The van der Waals surface area contributed by atoms with E-state index in [9.17, 15) is 4.39 Å². The van der Waals surface area contributed by atoms with Crippen molar-refractivity contribution in [3.05, 3.63) is 64.4 Å². The zero-order valence-corrected chi connectivity index (χ0v) is 12.0. The average molecular weight is 298 g/mol. The Labute approximate surface area is 122 Å². The molecule has 1 atom stereocenters. The highest BCUT2D eigenvalue weighted by Gasteiger charge is 2.09. The van der Waals surface area contributed by atoms with Crippen LogP contribution in [-0.2, 0) is 6.54 Å². The van der Waals surface area contributed by atoms with Crippen molar-refractivity contribution >= 4 is 28.9 Å². The van der Waals surface area contributed by atoms with Crippen LogP contribution in [0.2, 0.25) is 5.02 Å². The molecule has 2 rings (SSSR count). The van der Waals surface area contributed by atoms with Crippen LogP contribution in [0.4, 0.5) is 10.1 Å². The molecule has 0 heterocycles. The number of alkyl halides is 1. The monoisotopic (exact) mass is 297 g/mol. The Hall–Kier alpha value is -1.25. The number of nitrogens with one attached hydrogen (secondary N) is 1. The van der Waals surface area contributed by atoms with Crippen molar-refractivity contribution in [2.24, 2.45) is 0 Å². The summed E-state index contributed by atoms with van der Waals surface area (Å²) in [5, 5.41) is 3.23. The maximum Gasteiger partial charge on any atom is 0.146 e. The Balaban J connectivity index is 2.17. The molecule has 4 heteroatoms. The van der Waals surface area contributed by atoms with Gasteiger partial charge in [-0.2, -0.15) is 0 Å². The minimum Gasteiger partial charge on any atom is -0.381 e. The van der Waals surface area contributed by atoms with E-state index in [-0.39, 0.29) is 16.2 Å². The van der Waals surface area contributed by atoms with Gasteiger partial charge in [0, 0.05) is 17.8 Å². The molecule has 0 amide bonds. The second kappa shape index (κ2) is 6.27. The molecule has 0 aliphatic rings. The van der Waals surface area contributed by atoms with Gasteiger partial charge in [0.1, 0.15) is 5.82 Å². The molecule has 19 heavy (non-hydrogen) atoms. The molecule has 100 valence electrons. The molecule has 0 spiro atoms. The fraction of sp³-hybridized carbons (Fsp3) is 0.200. The van der Waals surface area contributed by atoms with Gasteiger partial charge in [0.15, 0.2) is 0 Å². The summed E-state index contributed by atoms with van der Waals surface area (Å²) >= 11 is 11.9. The molecule has 2 aromatic carbocycles. The summed E-state index contributed by atoms with van der Waals surface area (Å²) < 4.78 is 13.8. The maximum absolute atomic E-state index is 13.8. The minimum atomic E-state index is -0.381. The van der Waals surface area contributed by atoms with E-state index in [1.165, 1.54) is 6.07 Å². The molecule has 0 bridgehead atoms. The number of benzene rings is 2. The van der Waals surface area contributed by atoms with E-state index < -0.39 is 0 Å². The lowest BCUT2D eigenvalue weighted by Gasteiger charge is -2.14. The van der Waals surface area contributed by atoms with Crippen LogP contribution in [0.1, 0.15) is 23.4 Å². The first-order chi connectivity index (χ1) is 9.09. The van der Waals surface area contributed by atoms with Gasteiger partial charge in [0.2, 0.25) is 0 Å². The summed E-state index contributed by atoms with van der Waals surface area (Å²) in [6.07, 6.45) is 0. The molecule has 0 saturated carbocycles. The Morgan fingerprint density at radius 3 is 2.63 bits per heavy atom. The molecule has 0 aliphatic carbocycles. The summed E-state index contributed by atoms with van der Waals surface area (Å²) in [7, 11) is 0. The Kier molecular flexibility index (Phi) is 4.67. The fourth-order valence-electron chi connectivity index (χ4n) is 1.88. The first-order valence-electron chi connectivity index (χ1n) is 5.99. The van der Waals surface area contributed by atoms with Crippen LogP contribution >= 0.6 is 23.2 Å². The summed E-state index contributed by atoms with van der Waals surface area (Å²) in [5.74, 6) is -0.381. The summed E-state index contributed by atoms with van der Waals surface area (Å²) in [6.45, 7) is 2.27. The predicted octanol–water partition coefficient (Wildman–Crippen LogP) is 5.39. The van der Waals surface area contributed by atoms with Gasteiger partial charge in [-0.25, -0.2) is 4.39 Å². The van der Waals surface area contributed by atoms with E-state index >= 15 is 0 Å². The van der Waals surface area contributed by atoms with Gasteiger partial charge < -0.3 is 5.32 Å². The van der Waals surface area contributed by atoms with Crippen LogP contribution in [-0.4, -0.2) is 0 Å². The van der Waals surface area contributed by atoms with Crippen LogP contribution in [0, 0.1) is 5.82 Å². The highest BCUT2D eigenvalue weighted by Crippen LogP contribution is 2.28. The first kappa shape index (κ1) is 14.2. The molecular formula is C15H14Cl2FN. The van der Waals surface area contributed by atoms with E-state index in [0.29, 0.717) is 12.1 Å². The first-order valence-corrected chi connectivity index (χ1v) is 6.81. The lowest BCUT2D eigenvalue weighted by Crippen LogP contribution is -2.04. The van der Waals surface area contributed by atoms with Crippen LogP contribution in [0.25, 0.3) is 0 Å². The van der Waals surface area contributed by atoms with Crippen LogP contribution in [0.3, 0.4) is 0 Å². The van der Waals surface area contributed by atoms with Crippen molar-refractivity contribution in [3.8, 4) is 0 Å². The Morgan fingerprint density at radius 2 is 1.89 bits per heavy atom. The van der Waals surface area contributed by atoms with Crippen molar-refractivity contribution in [3.63, 3.8) is 0 Å². The standard InChI is InChI=1S/C15H14Cl2FN/c1-10(16)12-6-2-3-8-14(12)19-9-11-5-4-7-13(17)15(11)18/h2-8,10,19H,9H2,1H3. The van der Waals surface area contributed by atoms with E-state index in [2.05, 4.69) is 5.32 Å². The van der Waals surface area contributed by atoms with Gasteiger partial charge in [-0.15, -0.1) is 11.6 Å². The molecule has 0 aliphatic heterocycles. The fourth-order valence-corrected chi connectivity index (χ4v) is 2.26. The van der Waals surface area contributed by atoms with Gasteiger partial charge in [-0.3, -0.25) is 0 Å². The van der Waals surface area contributed by atoms with Crippen molar-refractivity contribution in [2.75, 3.05) is 5.32 Å². The topological polar surface area (TPSA) is 12.0 Å². The number of anilines is 1. The van der Waals surface area contributed by atoms with Gasteiger partial charge in [0.05, 0.1) is 10.4 Å². The third kappa shape index (κ3) is 3.40. The highest BCUT2D eigenvalue weighted by atomic mass is 35.5. The SMILES string of the molecule is CC(Cl)c1ccccc1NCc1cccc(Cl)c1F. The maximum atomic E-state index is 13.8. The van der Waals surface area contributed by atoms with Gasteiger partial charge in [-0.05, 0) is 24.6 Å². The smallest absolute Gasteiger partial charge is 0.146 e. The predicted molar refractivity (Wildman–Crippen MR) is 79.4 cm³/mol. The molecule has 1 unspecified atom stereocenters. The highest BCUT2D eigenvalue weighted by molar-refractivity contribution is 6.30. The van der Waals surface area contributed by atoms with Gasteiger partial charge in [0.25, 0.3) is 0 Å². The lowest BCUT2D eigenvalue weighted by atomic mass is 10.1. The van der Waals surface area contributed by atoms with Gasteiger partial charge >= 0.3 is 0 Å². The molecular weight excluding hydrogens is 284 g/mol. The van der Waals surface area contributed by atoms with Crippen molar-refractivity contribution < 1.29 is 4.39 Å². The zero-order valence-electron chi connectivity index (χ0n) is 10.5. The molecule has 1 N–H and O–H groups in total. The number of halogens is 3. The van der Waals surface area contributed by atoms with Crippen LogP contribution < -0.4 is 5.32 Å². The molecule has 0 radical (unpaired) electrons. The third-order valence-electron chi connectivity index (χ3n) is 2.89. The molecule has 0 saturated heterocycles. The van der Waals surface area contributed by atoms with Crippen molar-refractivity contribution in [1.82, 2.24) is 0 Å². The second-order valence-electron chi connectivity index (χ2n) is 4.27. The van der Waals surface area contributed by atoms with Crippen molar-refractivity contribution in [2.45, 2.75) is 18.8 Å². The molecule has 2 aromatic rings. The molecule has 1 nitrogen and oxygen atoms in total. The van der Waals surface area contributed by atoms with E-state index in [0.717, 1.165) is 11.3 Å². The molecule has 0 fully saturated rings. The Morgan fingerprint density at radius 1 is 1.16 bits per heavy atom. The Bertz CT molecular complexity index is 570. The summed E-state index contributed by atoms with van der Waals surface area (Å²) in [5.41, 5.74) is 2.43. The number of hydrogen-bond acceptors (Lipinski definition) is 1. The van der Waals surface area contributed by atoms with Gasteiger partial charge in [-0.1, -0.05) is 41.9 Å². The average Bonchev–Trinajstić information content (AvgIpc) is 2.40. The van der Waals surface area contributed by atoms with E-state index in [4.69, 9.17) is 23.2 Å². The lowest BCUT2D eigenvalue weighted by molar-refractivity contribution is 0.613. The third-order valence-corrected chi connectivity index (χ3v) is 3.42. The quantitative estimate of drug-likeness (QED) is 0.746. The molecule has 0 aromatic heterocycles. The van der Waals surface area contributed by atoms with E-state index in [1.54, 1.807) is 12.1 Å². The van der Waals surface area contributed by atoms with Crippen molar-refractivity contribution in [1.29, 1.82) is 0 Å². The minimum absolute atomic E-state index is 0.104. The normalized spacial score (nSPS) is 12.2. The number of para-hydroxylation sites is 1. The second-order valence-corrected chi connectivity index (χ2v) is 5.33. The largest absolute Gasteiger partial charge is 0.381 e. The summed E-state index contributed by atoms with van der Waals surface area (Å²) in [6, 6.07) is 12.7.